The van der Waals surface area contributed by atoms with E-state index in [9.17, 15) is 8.42 Å². The van der Waals surface area contributed by atoms with Crippen molar-refractivity contribution in [2.75, 3.05) is 31.1 Å². The maximum Gasteiger partial charge on any atom is 0.243 e. The van der Waals surface area contributed by atoms with Crippen LogP contribution >= 0.6 is 0 Å². The molecule has 0 aliphatic carbocycles. The highest BCUT2D eigenvalue weighted by molar-refractivity contribution is 7.89. The number of fused-ring (bicyclic) bond motifs is 1. The van der Waals surface area contributed by atoms with Crippen LogP contribution < -0.4 is 4.90 Å². The maximum atomic E-state index is 13.2. The van der Waals surface area contributed by atoms with Gasteiger partial charge in [0.15, 0.2) is 5.82 Å². The van der Waals surface area contributed by atoms with Crippen LogP contribution in [0.4, 0.5) is 5.82 Å². The second-order valence-corrected chi connectivity index (χ2v) is 10.4. The first-order valence-corrected chi connectivity index (χ1v) is 12.5. The number of piperazine rings is 1. The van der Waals surface area contributed by atoms with Crippen LogP contribution in [-0.4, -0.2) is 49.1 Å². The molecule has 1 aliphatic heterocycles. The normalized spacial score (nSPS) is 15.2. The number of benzene rings is 3. The van der Waals surface area contributed by atoms with Gasteiger partial charge in [0.05, 0.1) is 10.6 Å². The first-order chi connectivity index (χ1) is 15.9. The van der Waals surface area contributed by atoms with Gasteiger partial charge in [-0.15, -0.1) is 10.2 Å². The smallest absolute Gasteiger partial charge is 0.243 e. The summed E-state index contributed by atoms with van der Waals surface area (Å²) in [7, 11) is -3.54. The van der Waals surface area contributed by atoms with E-state index in [2.05, 4.69) is 47.1 Å². The van der Waals surface area contributed by atoms with Crippen LogP contribution in [0.2, 0.25) is 0 Å². The van der Waals surface area contributed by atoms with Gasteiger partial charge in [0.25, 0.3) is 0 Å². The zero-order chi connectivity index (χ0) is 23.0. The average Bonchev–Trinajstić information content (AvgIpc) is 2.84. The number of aryl methyl sites for hydroxylation is 2. The zero-order valence-corrected chi connectivity index (χ0v) is 19.6. The van der Waals surface area contributed by atoms with Crippen LogP contribution in [0.1, 0.15) is 11.1 Å². The van der Waals surface area contributed by atoms with Gasteiger partial charge >= 0.3 is 0 Å². The Kier molecular flexibility index (Phi) is 5.60. The van der Waals surface area contributed by atoms with E-state index in [-0.39, 0.29) is 0 Å². The number of sulfonamides is 1. The van der Waals surface area contributed by atoms with E-state index in [1.165, 1.54) is 11.1 Å². The molecule has 1 aliphatic rings. The molecule has 168 valence electrons. The molecule has 0 N–H and O–H groups in total. The molecule has 1 aromatic heterocycles. The molecule has 2 heterocycles. The summed E-state index contributed by atoms with van der Waals surface area (Å²) in [5.74, 6) is 0.770. The van der Waals surface area contributed by atoms with Gasteiger partial charge in [-0.3, -0.25) is 0 Å². The van der Waals surface area contributed by atoms with Crippen LogP contribution in [0, 0.1) is 13.8 Å². The Labute approximate surface area is 194 Å². The van der Waals surface area contributed by atoms with E-state index in [0.717, 1.165) is 27.8 Å². The minimum Gasteiger partial charge on any atom is -0.352 e. The van der Waals surface area contributed by atoms with Gasteiger partial charge in [-0.1, -0.05) is 54.1 Å². The van der Waals surface area contributed by atoms with Gasteiger partial charge in [0.2, 0.25) is 10.0 Å². The van der Waals surface area contributed by atoms with Crippen molar-refractivity contribution in [1.82, 2.24) is 14.5 Å². The first kappa shape index (κ1) is 21.6. The Morgan fingerprint density at radius 3 is 2.21 bits per heavy atom. The molecule has 33 heavy (non-hydrogen) atoms. The summed E-state index contributed by atoms with van der Waals surface area (Å²) in [5, 5.41) is 10.8. The Balaban J connectivity index is 1.29. The molecule has 4 aromatic rings. The molecule has 1 fully saturated rings. The predicted octanol–water partition coefficient (Wildman–Crippen LogP) is 4.42. The fourth-order valence-electron chi connectivity index (χ4n) is 4.37. The third-order valence-electron chi connectivity index (χ3n) is 6.23. The molecule has 5 rings (SSSR count). The van der Waals surface area contributed by atoms with E-state index in [1.54, 1.807) is 16.4 Å². The van der Waals surface area contributed by atoms with Crippen molar-refractivity contribution in [1.29, 1.82) is 0 Å². The van der Waals surface area contributed by atoms with Crippen molar-refractivity contribution >= 4 is 26.6 Å². The van der Waals surface area contributed by atoms with Crippen molar-refractivity contribution in [3.05, 3.63) is 83.9 Å². The molecule has 6 nitrogen and oxygen atoms in total. The predicted molar refractivity (Wildman–Crippen MR) is 132 cm³/mol. The number of aromatic nitrogens is 2. The van der Waals surface area contributed by atoms with Gasteiger partial charge < -0.3 is 4.90 Å². The molecule has 7 heteroatoms. The highest BCUT2D eigenvalue weighted by Crippen LogP contribution is 2.25. The number of nitrogens with zero attached hydrogens (tertiary/aromatic N) is 4. The van der Waals surface area contributed by atoms with Crippen molar-refractivity contribution in [2.45, 2.75) is 18.7 Å². The van der Waals surface area contributed by atoms with E-state index >= 15 is 0 Å². The van der Waals surface area contributed by atoms with Crippen molar-refractivity contribution in [3.63, 3.8) is 0 Å². The molecule has 3 aromatic carbocycles. The summed E-state index contributed by atoms with van der Waals surface area (Å²) in [4.78, 5) is 2.43. The quantitative estimate of drug-likeness (QED) is 0.453. The molecular weight excluding hydrogens is 432 g/mol. The third kappa shape index (κ3) is 4.21. The monoisotopic (exact) mass is 458 g/mol. The van der Waals surface area contributed by atoms with Gasteiger partial charge in [-0.2, -0.15) is 4.31 Å². The van der Waals surface area contributed by atoms with E-state index in [1.807, 2.05) is 42.5 Å². The lowest BCUT2D eigenvalue weighted by atomic mass is 10.0. The van der Waals surface area contributed by atoms with Crippen molar-refractivity contribution in [3.8, 4) is 11.3 Å². The second-order valence-electron chi connectivity index (χ2n) is 8.50. The van der Waals surface area contributed by atoms with Crippen molar-refractivity contribution < 1.29 is 8.42 Å². The largest absolute Gasteiger partial charge is 0.352 e. The molecule has 0 bridgehead atoms. The van der Waals surface area contributed by atoms with E-state index < -0.39 is 10.0 Å². The zero-order valence-electron chi connectivity index (χ0n) is 18.8. The summed E-state index contributed by atoms with van der Waals surface area (Å²) in [6.07, 6.45) is 0. The third-order valence-corrected chi connectivity index (χ3v) is 8.12. The Morgan fingerprint density at radius 1 is 0.758 bits per heavy atom. The Hall–Kier alpha value is -3.29. The number of anilines is 1. The molecule has 0 unspecified atom stereocenters. The lowest BCUT2D eigenvalue weighted by molar-refractivity contribution is 0.383. The van der Waals surface area contributed by atoms with Gasteiger partial charge in [-0.05, 0) is 54.4 Å². The summed E-state index contributed by atoms with van der Waals surface area (Å²) in [6, 6.07) is 23.4. The molecule has 1 saturated heterocycles. The van der Waals surface area contributed by atoms with E-state index in [0.29, 0.717) is 31.1 Å². The molecule has 0 atom stereocenters. The SMILES string of the molecule is Cc1ccc(-c2ccc(N3CCN(S(=O)(=O)c4ccc5ccccc5c4)CC3)nn2)c(C)c1. The number of hydrogen-bond acceptors (Lipinski definition) is 5. The first-order valence-electron chi connectivity index (χ1n) is 11.1. The maximum absolute atomic E-state index is 13.2. The summed E-state index contributed by atoms with van der Waals surface area (Å²) in [5.41, 5.74) is 4.31. The minimum atomic E-state index is -3.54. The van der Waals surface area contributed by atoms with Gasteiger partial charge in [0, 0.05) is 31.7 Å². The molecule has 0 radical (unpaired) electrons. The Bertz CT molecular complexity index is 1410. The van der Waals surface area contributed by atoms with Crippen LogP contribution in [0.3, 0.4) is 0 Å². The standard InChI is InChI=1S/C26H26N4O2S/c1-19-7-10-24(20(2)17-19)25-11-12-26(28-27-25)29-13-15-30(16-14-29)33(31,32)23-9-8-21-5-3-4-6-22(21)18-23/h3-12,17-18H,13-16H2,1-2H3. The highest BCUT2D eigenvalue weighted by Gasteiger charge is 2.29. The topological polar surface area (TPSA) is 66.4 Å². The molecule has 0 amide bonds. The second kappa shape index (κ2) is 8.57. The fraction of sp³-hybridized carbons (Fsp3) is 0.231. The van der Waals surface area contributed by atoms with Crippen LogP contribution in [0.15, 0.2) is 77.7 Å². The summed E-state index contributed by atoms with van der Waals surface area (Å²) in [6.45, 7) is 6.12. The highest BCUT2D eigenvalue weighted by atomic mass is 32.2. The van der Waals surface area contributed by atoms with E-state index in [4.69, 9.17) is 0 Å². The fourth-order valence-corrected chi connectivity index (χ4v) is 5.83. The summed E-state index contributed by atoms with van der Waals surface area (Å²) < 4.78 is 28.0. The van der Waals surface area contributed by atoms with Crippen LogP contribution in [0.25, 0.3) is 22.0 Å². The van der Waals surface area contributed by atoms with Crippen LogP contribution in [0.5, 0.6) is 0 Å². The average molecular weight is 459 g/mol. The van der Waals surface area contributed by atoms with Gasteiger partial charge in [-0.25, -0.2) is 8.42 Å². The molecule has 0 saturated carbocycles. The minimum absolute atomic E-state index is 0.340. The lowest BCUT2D eigenvalue weighted by Gasteiger charge is -2.34. The molecule has 0 spiro atoms. The van der Waals surface area contributed by atoms with Crippen molar-refractivity contribution in [2.24, 2.45) is 0 Å². The number of rotatable bonds is 4. The summed E-state index contributed by atoms with van der Waals surface area (Å²) >= 11 is 0. The molecular formula is C26H26N4O2S. The van der Waals surface area contributed by atoms with Gasteiger partial charge in [0.1, 0.15) is 0 Å². The number of hydrogen-bond donors (Lipinski definition) is 0. The Morgan fingerprint density at radius 2 is 1.52 bits per heavy atom. The lowest BCUT2D eigenvalue weighted by Crippen LogP contribution is -2.49. The van der Waals surface area contributed by atoms with Crippen LogP contribution in [-0.2, 0) is 10.0 Å².